The Labute approximate surface area is 130 Å². The molecule has 0 radical (unpaired) electrons. The van der Waals surface area contributed by atoms with Crippen LogP contribution in [0, 0.1) is 0 Å². The summed E-state index contributed by atoms with van der Waals surface area (Å²) in [4.78, 5) is 0. The van der Waals surface area contributed by atoms with Gasteiger partial charge in [0.2, 0.25) is 0 Å². The standard InChI is InChI=1S/C16H27NO3S/c1-4-14-6-5-7-16(10-14)20-12-15(18)11-17-9-8-13(2)21(3)19/h5-7,10,13,15,17-18H,4,8-9,11-12H2,1-3H3. The van der Waals surface area contributed by atoms with Crippen LogP contribution >= 0.6 is 0 Å². The van der Waals surface area contributed by atoms with E-state index in [2.05, 4.69) is 18.3 Å². The van der Waals surface area contributed by atoms with Crippen LogP contribution in [0.15, 0.2) is 24.3 Å². The molecule has 0 heterocycles. The Bertz CT molecular complexity index is 439. The van der Waals surface area contributed by atoms with Crippen molar-refractivity contribution in [3.05, 3.63) is 29.8 Å². The fourth-order valence-corrected chi connectivity index (χ4v) is 2.30. The highest BCUT2D eigenvalue weighted by molar-refractivity contribution is 7.84. The van der Waals surface area contributed by atoms with Gasteiger partial charge in [-0.3, -0.25) is 4.21 Å². The van der Waals surface area contributed by atoms with Gasteiger partial charge in [0, 0.05) is 28.9 Å². The SMILES string of the molecule is CCc1cccc(OCC(O)CNCCC(C)S(C)=O)c1. The highest BCUT2D eigenvalue weighted by Gasteiger charge is 2.08. The molecule has 1 aromatic carbocycles. The quantitative estimate of drug-likeness (QED) is 0.646. The minimum Gasteiger partial charge on any atom is -0.491 e. The van der Waals surface area contributed by atoms with Gasteiger partial charge in [0.1, 0.15) is 18.5 Å². The smallest absolute Gasteiger partial charge is 0.119 e. The van der Waals surface area contributed by atoms with E-state index in [-0.39, 0.29) is 11.9 Å². The number of aryl methyl sites for hydroxylation is 1. The first-order chi connectivity index (χ1) is 10.0. The Hall–Kier alpha value is -0.910. The second-order valence-corrected chi connectivity index (χ2v) is 7.07. The van der Waals surface area contributed by atoms with E-state index in [9.17, 15) is 9.32 Å². The van der Waals surface area contributed by atoms with Crippen molar-refractivity contribution in [2.75, 3.05) is 26.0 Å². The Kier molecular flexibility index (Phi) is 8.57. The van der Waals surface area contributed by atoms with Crippen LogP contribution in [-0.2, 0) is 17.2 Å². The highest BCUT2D eigenvalue weighted by atomic mass is 32.2. The molecule has 0 aromatic heterocycles. The predicted octanol–water partition coefficient (Wildman–Crippen LogP) is 1.74. The van der Waals surface area contributed by atoms with Gasteiger partial charge in [-0.1, -0.05) is 26.0 Å². The van der Waals surface area contributed by atoms with Crippen molar-refractivity contribution >= 4 is 10.8 Å². The van der Waals surface area contributed by atoms with E-state index in [1.54, 1.807) is 6.26 Å². The molecule has 0 spiro atoms. The molecule has 21 heavy (non-hydrogen) atoms. The van der Waals surface area contributed by atoms with Crippen LogP contribution in [-0.4, -0.2) is 46.6 Å². The molecular weight excluding hydrogens is 286 g/mol. The third-order valence-electron chi connectivity index (χ3n) is 3.42. The minimum atomic E-state index is -0.783. The number of aliphatic hydroxyl groups excluding tert-OH is 1. The zero-order valence-electron chi connectivity index (χ0n) is 13.2. The van der Waals surface area contributed by atoms with E-state index in [1.165, 1.54) is 5.56 Å². The molecular formula is C16H27NO3S. The van der Waals surface area contributed by atoms with Crippen molar-refractivity contribution in [2.24, 2.45) is 0 Å². The second kappa shape index (κ2) is 9.92. The first-order valence-electron chi connectivity index (χ1n) is 7.45. The predicted molar refractivity (Wildman–Crippen MR) is 88.3 cm³/mol. The van der Waals surface area contributed by atoms with Gasteiger partial charge < -0.3 is 15.2 Å². The van der Waals surface area contributed by atoms with Crippen LogP contribution in [0.4, 0.5) is 0 Å². The molecule has 0 aliphatic heterocycles. The molecule has 0 saturated heterocycles. The average molecular weight is 313 g/mol. The molecule has 120 valence electrons. The van der Waals surface area contributed by atoms with Crippen molar-refractivity contribution in [1.82, 2.24) is 5.32 Å². The van der Waals surface area contributed by atoms with E-state index in [4.69, 9.17) is 4.74 Å². The number of benzene rings is 1. The van der Waals surface area contributed by atoms with Gasteiger partial charge in [0.25, 0.3) is 0 Å². The van der Waals surface area contributed by atoms with Crippen molar-refractivity contribution in [3.63, 3.8) is 0 Å². The minimum absolute atomic E-state index is 0.183. The molecule has 5 heteroatoms. The summed E-state index contributed by atoms with van der Waals surface area (Å²) in [5, 5.41) is 13.2. The van der Waals surface area contributed by atoms with Gasteiger partial charge in [-0.15, -0.1) is 0 Å². The number of aliphatic hydroxyl groups is 1. The molecule has 0 saturated carbocycles. The molecule has 0 amide bonds. The fourth-order valence-electron chi connectivity index (χ4n) is 1.85. The van der Waals surface area contributed by atoms with E-state index in [0.29, 0.717) is 6.54 Å². The van der Waals surface area contributed by atoms with Crippen molar-refractivity contribution in [3.8, 4) is 5.75 Å². The maximum atomic E-state index is 11.2. The van der Waals surface area contributed by atoms with Crippen LogP contribution < -0.4 is 10.1 Å². The van der Waals surface area contributed by atoms with Crippen molar-refractivity contribution in [1.29, 1.82) is 0 Å². The van der Waals surface area contributed by atoms with Crippen LogP contribution in [0.25, 0.3) is 0 Å². The Morgan fingerprint density at radius 3 is 2.86 bits per heavy atom. The summed E-state index contributed by atoms with van der Waals surface area (Å²) >= 11 is 0. The van der Waals surface area contributed by atoms with E-state index in [0.717, 1.165) is 25.1 Å². The zero-order valence-corrected chi connectivity index (χ0v) is 14.0. The number of nitrogens with one attached hydrogen (secondary N) is 1. The van der Waals surface area contributed by atoms with E-state index in [1.807, 2.05) is 25.1 Å². The summed E-state index contributed by atoms with van der Waals surface area (Å²) in [6, 6.07) is 7.92. The molecule has 1 aromatic rings. The summed E-state index contributed by atoms with van der Waals surface area (Å²) in [5.74, 6) is 0.795. The lowest BCUT2D eigenvalue weighted by atomic mass is 10.2. The van der Waals surface area contributed by atoms with Crippen LogP contribution in [0.5, 0.6) is 5.75 Å². The molecule has 0 fully saturated rings. The van der Waals surface area contributed by atoms with Crippen molar-refractivity contribution < 1.29 is 14.1 Å². The molecule has 0 aliphatic rings. The molecule has 1 rings (SSSR count). The molecule has 3 atom stereocenters. The van der Waals surface area contributed by atoms with Gasteiger partial charge in [-0.05, 0) is 37.1 Å². The molecule has 2 N–H and O–H groups in total. The summed E-state index contributed by atoms with van der Waals surface area (Å²) in [6.07, 6.45) is 2.99. The summed E-state index contributed by atoms with van der Waals surface area (Å²) in [7, 11) is -0.783. The van der Waals surface area contributed by atoms with E-state index < -0.39 is 16.9 Å². The highest BCUT2D eigenvalue weighted by Crippen LogP contribution is 2.13. The van der Waals surface area contributed by atoms with Gasteiger partial charge in [0.15, 0.2) is 0 Å². The first-order valence-corrected chi connectivity index (χ1v) is 9.07. The van der Waals surface area contributed by atoms with Gasteiger partial charge in [0.05, 0.1) is 0 Å². The number of ether oxygens (including phenoxy) is 1. The number of rotatable bonds is 10. The largest absolute Gasteiger partial charge is 0.491 e. The fraction of sp³-hybridized carbons (Fsp3) is 0.625. The number of hydrogen-bond donors (Lipinski definition) is 2. The van der Waals surface area contributed by atoms with Crippen LogP contribution in [0.3, 0.4) is 0 Å². The molecule has 4 nitrogen and oxygen atoms in total. The molecule has 3 unspecified atom stereocenters. The van der Waals surface area contributed by atoms with Crippen LogP contribution in [0.2, 0.25) is 0 Å². The topological polar surface area (TPSA) is 58.6 Å². The third kappa shape index (κ3) is 7.60. The van der Waals surface area contributed by atoms with Crippen LogP contribution in [0.1, 0.15) is 25.8 Å². The third-order valence-corrected chi connectivity index (χ3v) is 4.79. The summed E-state index contributed by atoms with van der Waals surface area (Å²) in [5.41, 5.74) is 1.22. The molecule has 0 aliphatic carbocycles. The first kappa shape index (κ1) is 18.1. The Morgan fingerprint density at radius 2 is 2.19 bits per heavy atom. The second-order valence-electron chi connectivity index (χ2n) is 5.27. The maximum absolute atomic E-state index is 11.2. The molecule has 0 bridgehead atoms. The average Bonchev–Trinajstić information content (AvgIpc) is 2.49. The maximum Gasteiger partial charge on any atom is 0.119 e. The lowest BCUT2D eigenvalue weighted by Gasteiger charge is -2.14. The lowest BCUT2D eigenvalue weighted by molar-refractivity contribution is 0.106. The zero-order chi connectivity index (χ0) is 15.7. The Morgan fingerprint density at radius 1 is 1.43 bits per heavy atom. The van der Waals surface area contributed by atoms with Gasteiger partial charge in [-0.25, -0.2) is 0 Å². The monoisotopic (exact) mass is 313 g/mol. The van der Waals surface area contributed by atoms with Crippen molar-refractivity contribution in [2.45, 2.75) is 38.0 Å². The number of hydrogen-bond acceptors (Lipinski definition) is 4. The van der Waals surface area contributed by atoms with E-state index >= 15 is 0 Å². The van der Waals surface area contributed by atoms with Gasteiger partial charge in [-0.2, -0.15) is 0 Å². The lowest BCUT2D eigenvalue weighted by Crippen LogP contribution is -2.33. The van der Waals surface area contributed by atoms with Gasteiger partial charge >= 0.3 is 0 Å². The summed E-state index contributed by atoms with van der Waals surface area (Å²) in [6.45, 7) is 5.58. The summed E-state index contributed by atoms with van der Waals surface area (Å²) < 4.78 is 16.8. The Balaban J connectivity index is 2.19. The normalized spacial score (nSPS) is 15.4.